The summed E-state index contributed by atoms with van der Waals surface area (Å²) in [6, 6.07) is 23.0. The standard InChI is InChI=1S/C28H32N2O2/c1-4-23-13-15-24(16-14-23)31-18-8-7-17-30-26-10-6-5-9-25(26)29-28(30)20-32-27-19-21(2)11-12-22(27)3/h5-6,9-16,19H,4,7-8,17-18,20H2,1-3H3. The molecule has 0 atom stereocenters. The smallest absolute Gasteiger partial charge is 0.147 e. The lowest BCUT2D eigenvalue weighted by atomic mass is 10.1. The molecule has 0 aliphatic carbocycles. The van der Waals surface area contributed by atoms with Crippen molar-refractivity contribution in [1.82, 2.24) is 9.55 Å². The van der Waals surface area contributed by atoms with Gasteiger partial charge in [-0.1, -0.05) is 43.3 Å². The minimum Gasteiger partial charge on any atom is -0.494 e. The van der Waals surface area contributed by atoms with Crippen LogP contribution in [0.1, 0.15) is 42.3 Å². The highest BCUT2D eigenvalue weighted by Gasteiger charge is 2.12. The number of aromatic nitrogens is 2. The Morgan fingerprint density at radius 2 is 1.69 bits per heavy atom. The summed E-state index contributed by atoms with van der Waals surface area (Å²) in [5, 5.41) is 0. The van der Waals surface area contributed by atoms with E-state index in [4.69, 9.17) is 14.5 Å². The van der Waals surface area contributed by atoms with E-state index in [0.717, 1.165) is 59.7 Å². The second-order valence-electron chi connectivity index (χ2n) is 8.28. The number of hydrogen-bond acceptors (Lipinski definition) is 3. The van der Waals surface area contributed by atoms with Crippen molar-refractivity contribution in [2.75, 3.05) is 6.61 Å². The topological polar surface area (TPSA) is 36.3 Å². The lowest BCUT2D eigenvalue weighted by Gasteiger charge is -2.13. The molecule has 32 heavy (non-hydrogen) atoms. The van der Waals surface area contributed by atoms with Gasteiger partial charge in [-0.25, -0.2) is 4.98 Å². The first-order valence-electron chi connectivity index (χ1n) is 11.5. The highest BCUT2D eigenvalue weighted by atomic mass is 16.5. The molecule has 0 N–H and O–H groups in total. The molecule has 0 amide bonds. The first kappa shape index (κ1) is 21.9. The number of fused-ring (bicyclic) bond motifs is 1. The van der Waals surface area contributed by atoms with E-state index in [2.05, 4.69) is 86.0 Å². The maximum Gasteiger partial charge on any atom is 0.147 e. The number of imidazole rings is 1. The highest BCUT2D eigenvalue weighted by Crippen LogP contribution is 2.22. The van der Waals surface area contributed by atoms with Crippen LogP contribution in [0.3, 0.4) is 0 Å². The molecule has 4 aromatic rings. The first-order chi connectivity index (χ1) is 15.6. The van der Waals surface area contributed by atoms with Gasteiger partial charge in [-0.3, -0.25) is 0 Å². The number of ether oxygens (including phenoxy) is 2. The fraction of sp³-hybridized carbons (Fsp3) is 0.321. The molecule has 0 radical (unpaired) electrons. The van der Waals surface area contributed by atoms with Crippen molar-refractivity contribution < 1.29 is 9.47 Å². The monoisotopic (exact) mass is 428 g/mol. The molecule has 0 fully saturated rings. The maximum absolute atomic E-state index is 6.17. The molecule has 0 aliphatic rings. The number of rotatable bonds is 10. The zero-order chi connectivity index (χ0) is 22.3. The van der Waals surface area contributed by atoms with E-state index in [1.165, 1.54) is 11.1 Å². The number of aryl methyl sites for hydroxylation is 4. The van der Waals surface area contributed by atoms with Gasteiger partial charge in [0.1, 0.15) is 23.9 Å². The zero-order valence-corrected chi connectivity index (χ0v) is 19.3. The molecule has 0 aliphatic heterocycles. The summed E-state index contributed by atoms with van der Waals surface area (Å²) in [6.07, 6.45) is 3.05. The summed E-state index contributed by atoms with van der Waals surface area (Å²) >= 11 is 0. The third-order valence-corrected chi connectivity index (χ3v) is 5.81. The van der Waals surface area contributed by atoms with Crippen LogP contribution >= 0.6 is 0 Å². The molecule has 4 heteroatoms. The second kappa shape index (κ2) is 10.4. The first-order valence-corrected chi connectivity index (χ1v) is 11.5. The third kappa shape index (κ3) is 5.31. The van der Waals surface area contributed by atoms with E-state index in [1.807, 2.05) is 6.07 Å². The second-order valence-corrected chi connectivity index (χ2v) is 8.28. The Morgan fingerprint density at radius 1 is 0.875 bits per heavy atom. The van der Waals surface area contributed by atoms with Gasteiger partial charge in [-0.15, -0.1) is 0 Å². The Hall–Kier alpha value is -3.27. The molecule has 4 nitrogen and oxygen atoms in total. The van der Waals surface area contributed by atoms with Crippen molar-refractivity contribution in [3.63, 3.8) is 0 Å². The number of para-hydroxylation sites is 2. The lowest BCUT2D eigenvalue weighted by Crippen LogP contribution is -2.09. The largest absolute Gasteiger partial charge is 0.494 e. The van der Waals surface area contributed by atoms with Gasteiger partial charge in [-0.05, 0) is 80.1 Å². The predicted molar refractivity (Wildman–Crippen MR) is 131 cm³/mol. The van der Waals surface area contributed by atoms with E-state index < -0.39 is 0 Å². The molecule has 0 saturated carbocycles. The van der Waals surface area contributed by atoms with E-state index in [1.54, 1.807) is 0 Å². The molecule has 0 unspecified atom stereocenters. The van der Waals surface area contributed by atoms with Crippen LogP contribution in [0.15, 0.2) is 66.7 Å². The van der Waals surface area contributed by atoms with Crippen LogP contribution in [0.4, 0.5) is 0 Å². The highest BCUT2D eigenvalue weighted by molar-refractivity contribution is 5.75. The van der Waals surface area contributed by atoms with E-state index >= 15 is 0 Å². The molecule has 166 valence electrons. The Labute approximate surface area is 190 Å². The van der Waals surface area contributed by atoms with Gasteiger partial charge in [0.25, 0.3) is 0 Å². The normalized spacial score (nSPS) is 11.1. The molecule has 4 rings (SSSR count). The molecule has 0 saturated heterocycles. The SMILES string of the molecule is CCc1ccc(OCCCCn2c(COc3cc(C)ccc3C)nc3ccccc32)cc1. The van der Waals surface area contributed by atoms with Gasteiger partial charge < -0.3 is 14.0 Å². The minimum absolute atomic E-state index is 0.458. The molecular weight excluding hydrogens is 396 g/mol. The summed E-state index contributed by atoms with van der Waals surface area (Å²) in [7, 11) is 0. The van der Waals surface area contributed by atoms with Crippen molar-refractivity contribution in [3.05, 3.63) is 89.2 Å². The van der Waals surface area contributed by atoms with Crippen LogP contribution < -0.4 is 9.47 Å². The lowest BCUT2D eigenvalue weighted by molar-refractivity contribution is 0.283. The van der Waals surface area contributed by atoms with Gasteiger partial charge in [-0.2, -0.15) is 0 Å². The Kier molecular flexibility index (Phi) is 7.10. The van der Waals surface area contributed by atoms with Gasteiger partial charge in [0, 0.05) is 6.54 Å². The summed E-state index contributed by atoms with van der Waals surface area (Å²) in [6.45, 7) is 8.39. The fourth-order valence-corrected chi connectivity index (χ4v) is 3.87. The van der Waals surface area contributed by atoms with E-state index in [-0.39, 0.29) is 0 Å². The van der Waals surface area contributed by atoms with Crippen LogP contribution in [0.25, 0.3) is 11.0 Å². The summed E-state index contributed by atoms with van der Waals surface area (Å²) < 4.78 is 14.4. The Morgan fingerprint density at radius 3 is 2.50 bits per heavy atom. The molecule has 3 aromatic carbocycles. The molecule has 1 heterocycles. The molecular formula is C28H32N2O2. The number of nitrogens with zero attached hydrogens (tertiary/aromatic N) is 2. The molecule has 1 aromatic heterocycles. The maximum atomic E-state index is 6.17. The van der Waals surface area contributed by atoms with Crippen LogP contribution in [0.2, 0.25) is 0 Å². The average Bonchev–Trinajstić information content (AvgIpc) is 3.17. The fourth-order valence-electron chi connectivity index (χ4n) is 3.87. The molecule has 0 spiro atoms. The van der Waals surface area contributed by atoms with Crippen LogP contribution in [-0.4, -0.2) is 16.2 Å². The Bertz CT molecular complexity index is 1160. The number of unbranched alkanes of at least 4 members (excludes halogenated alkanes) is 1. The van der Waals surface area contributed by atoms with Crippen LogP contribution in [-0.2, 0) is 19.6 Å². The van der Waals surface area contributed by atoms with Gasteiger partial charge in [0.2, 0.25) is 0 Å². The van der Waals surface area contributed by atoms with E-state index in [9.17, 15) is 0 Å². The van der Waals surface area contributed by atoms with Crippen LogP contribution in [0.5, 0.6) is 11.5 Å². The summed E-state index contributed by atoms with van der Waals surface area (Å²) in [5.74, 6) is 2.83. The van der Waals surface area contributed by atoms with Crippen molar-refractivity contribution in [2.24, 2.45) is 0 Å². The third-order valence-electron chi connectivity index (χ3n) is 5.81. The van der Waals surface area contributed by atoms with Crippen molar-refractivity contribution in [1.29, 1.82) is 0 Å². The van der Waals surface area contributed by atoms with Crippen molar-refractivity contribution in [3.8, 4) is 11.5 Å². The zero-order valence-electron chi connectivity index (χ0n) is 19.3. The number of hydrogen-bond donors (Lipinski definition) is 0. The quantitative estimate of drug-likeness (QED) is 0.265. The van der Waals surface area contributed by atoms with Crippen molar-refractivity contribution in [2.45, 2.75) is 53.2 Å². The van der Waals surface area contributed by atoms with Gasteiger partial charge in [0.15, 0.2) is 0 Å². The van der Waals surface area contributed by atoms with Crippen molar-refractivity contribution >= 4 is 11.0 Å². The van der Waals surface area contributed by atoms with Gasteiger partial charge in [0.05, 0.1) is 17.6 Å². The molecule has 0 bridgehead atoms. The summed E-state index contributed by atoms with van der Waals surface area (Å²) in [4.78, 5) is 4.85. The average molecular weight is 429 g/mol. The number of benzene rings is 3. The summed E-state index contributed by atoms with van der Waals surface area (Å²) in [5.41, 5.74) is 5.84. The minimum atomic E-state index is 0.458. The van der Waals surface area contributed by atoms with E-state index in [0.29, 0.717) is 13.2 Å². The van der Waals surface area contributed by atoms with Gasteiger partial charge >= 0.3 is 0 Å². The predicted octanol–water partition coefficient (Wildman–Crippen LogP) is 6.65. The van der Waals surface area contributed by atoms with Crippen LogP contribution in [0, 0.1) is 13.8 Å². The Balaban J connectivity index is 1.38.